The highest BCUT2D eigenvalue weighted by Crippen LogP contribution is 2.18. The number of aromatic nitrogens is 1. The minimum absolute atomic E-state index is 0.0923. The van der Waals surface area contributed by atoms with Crippen LogP contribution in [-0.4, -0.2) is 40.8 Å². The van der Waals surface area contributed by atoms with E-state index in [2.05, 4.69) is 10.3 Å². The molecular formula is C15H22N4O2. The summed E-state index contributed by atoms with van der Waals surface area (Å²) in [6.07, 6.45) is 1.26. The SMILES string of the molecule is CC(C)Nc1cccc(C(=O)N2CCC(C(N)=O)CC2)n1. The number of hydrogen-bond donors (Lipinski definition) is 2. The molecule has 1 saturated heterocycles. The molecule has 0 spiro atoms. The molecule has 21 heavy (non-hydrogen) atoms. The van der Waals surface area contributed by atoms with Crippen molar-refractivity contribution in [2.24, 2.45) is 11.7 Å². The van der Waals surface area contributed by atoms with Gasteiger partial charge in [0.15, 0.2) is 0 Å². The van der Waals surface area contributed by atoms with Gasteiger partial charge in [0.05, 0.1) is 0 Å². The van der Waals surface area contributed by atoms with Crippen LogP contribution in [0.4, 0.5) is 5.82 Å². The van der Waals surface area contributed by atoms with Crippen LogP contribution in [-0.2, 0) is 4.79 Å². The van der Waals surface area contributed by atoms with Crippen LogP contribution >= 0.6 is 0 Å². The molecule has 0 aromatic carbocycles. The molecule has 2 rings (SSSR count). The van der Waals surface area contributed by atoms with Gasteiger partial charge in [-0.1, -0.05) is 6.07 Å². The first-order valence-electron chi connectivity index (χ1n) is 7.29. The molecule has 2 amide bonds. The van der Waals surface area contributed by atoms with Gasteiger partial charge in [-0.15, -0.1) is 0 Å². The first-order chi connectivity index (χ1) is 9.97. The van der Waals surface area contributed by atoms with Gasteiger partial charge >= 0.3 is 0 Å². The molecule has 1 aliphatic rings. The number of nitrogens with one attached hydrogen (secondary N) is 1. The minimum atomic E-state index is -0.275. The molecule has 6 nitrogen and oxygen atoms in total. The van der Waals surface area contributed by atoms with E-state index in [4.69, 9.17) is 5.73 Å². The Hall–Kier alpha value is -2.11. The predicted octanol–water partition coefficient (Wildman–Crippen LogP) is 1.24. The number of amides is 2. The van der Waals surface area contributed by atoms with Crippen molar-refractivity contribution in [3.8, 4) is 0 Å². The average Bonchev–Trinajstić information content (AvgIpc) is 2.46. The van der Waals surface area contributed by atoms with Gasteiger partial charge in [0.2, 0.25) is 5.91 Å². The zero-order chi connectivity index (χ0) is 15.4. The molecule has 0 atom stereocenters. The Balaban J connectivity index is 2.02. The maximum atomic E-state index is 12.4. The molecule has 1 aromatic rings. The second-order valence-electron chi connectivity index (χ2n) is 5.68. The van der Waals surface area contributed by atoms with Gasteiger partial charge in [0.1, 0.15) is 11.5 Å². The molecule has 0 radical (unpaired) electrons. The van der Waals surface area contributed by atoms with Gasteiger partial charge in [-0.3, -0.25) is 9.59 Å². The highest BCUT2D eigenvalue weighted by molar-refractivity contribution is 5.93. The fourth-order valence-electron chi connectivity index (χ4n) is 2.46. The summed E-state index contributed by atoms with van der Waals surface area (Å²) in [5.41, 5.74) is 5.73. The number of pyridine rings is 1. The Kier molecular flexibility index (Phi) is 4.77. The summed E-state index contributed by atoms with van der Waals surface area (Å²) in [6, 6.07) is 5.64. The molecule has 1 fully saturated rings. The van der Waals surface area contributed by atoms with Gasteiger partial charge in [0, 0.05) is 25.0 Å². The molecule has 6 heteroatoms. The summed E-state index contributed by atoms with van der Waals surface area (Å²) in [7, 11) is 0. The van der Waals surface area contributed by atoms with E-state index >= 15 is 0 Å². The molecule has 2 heterocycles. The Labute approximate surface area is 124 Å². The maximum absolute atomic E-state index is 12.4. The van der Waals surface area contributed by atoms with Crippen molar-refractivity contribution < 1.29 is 9.59 Å². The number of nitrogens with zero attached hydrogens (tertiary/aromatic N) is 2. The number of rotatable bonds is 4. The number of piperidine rings is 1. The lowest BCUT2D eigenvalue weighted by Gasteiger charge is -2.30. The van der Waals surface area contributed by atoms with Crippen molar-refractivity contribution in [1.82, 2.24) is 9.88 Å². The fourth-order valence-corrected chi connectivity index (χ4v) is 2.46. The van der Waals surface area contributed by atoms with E-state index in [1.54, 1.807) is 11.0 Å². The summed E-state index contributed by atoms with van der Waals surface area (Å²) in [6.45, 7) is 5.14. The lowest BCUT2D eigenvalue weighted by molar-refractivity contribution is -0.123. The topological polar surface area (TPSA) is 88.3 Å². The number of anilines is 1. The molecule has 0 bridgehead atoms. The van der Waals surface area contributed by atoms with Crippen molar-refractivity contribution in [3.05, 3.63) is 23.9 Å². The lowest BCUT2D eigenvalue weighted by Crippen LogP contribution is -2.42. The van der Waals surface area contributed by atoms with Gasteiger partial charge < -0.3 is 16.0 Å². The molecule has 114 valence electrons. The van der Waals surface area contributed by atoms with Crippen LogP contribution in [0.1, 0.15) is 37.2 Å². The second-order valence-corrected chi connectivity index (χ2v) is 5.68. The van der Waals surface area contributed by atoms with Crippen LogP contribution in [0.5, 0.6) is 0 Å². The van der Waals surface area contributed by atoms with Crippen molar-refractivity contribution in [1.29, 1.82) is 0 Å². The highest BCUT2D eigenvalue weighted by atomic mass is 16.2. The van der Waals surface area contributed by atoms with Crippen LogP contribution in [0, 0.1) is 5.92 Å². The number of hydrogen-bond acceptors (Lipinski definition) is 4. The quantitative estimate of drug-likeness (QED) is 0.873. The van der Waals surface area contributed by atoms with E-state index in [0.717, 1.165) is 0 Å². The molecule has 0 aliphatic carbocycles. The zero-order valence-corrected chi connectivity index (χ0v) is 12.5. The molecule has 3 N–H and O–H groups in total. The van der Waals surface area contributed by atoms with Crippen LogP contribution in [0.15, 0.2) is 18.2 Å². The Morgan fingerprint density at radius 1 is 1.33 bits per heavy atom. The number of carbonyl (C=O) groups excluding carboxylic acids is 2. The monoisotopic (exact) mass is 290 g/mol. The van der Waals surface area contributed by atoms with Crippen LogP contribution in [0.3, 0.4) is 0 Å². The summed E-state index contributed by atoms with van der Waals surface area (Å²) < 4.78 is 0. The number of nitrogens with two attached hydrogens (primary N) is 1. The second kappa shape index (κ2) is 6.56. The summed E-state index contributed by atoms with van der Waals surface area (Å²) in [5.74, 6) is 0.215. The third-order valence-corrected chi connectivity index (χ3v) is 3.59. The number of carbonyl (C=O) groups is 2. The van der Waals surface area contributed by atoms with Crippen molar-refractivity contribution >= 4 is 17.6 Å². The number of likely N-dealkylation sites (tertiary alicyclic amines) is 1. The molecular weight excluding hydrogens is 268 g/mol. The smallest absolute Gasteiger partial charge is 0.272 e. The fraction of sp³-hybridized carbons (Fsp3) is 0.533. The Morgan fingerprint density at radius 3 is 2.57 bits per heavy atom. The van der Waals surface area contributed by atoms with E-state index in [1.807, 2.05) is 26.0 Å². The van der Waals surface area contributed by atoms with E-state index in [0.29, 0.717) is 37.4 Å². The number of primary amides is 1. The molecule has 1 aromatic heterocycles. The predicted molar refractivity (Wildman–Crippen MR) is 80.8 cm³/mol. The first kappa shape index (κ1) is 15.3. The van der Waals surface area contributed by atoms with Gasteiger partial charge in [-0.2, -0.15) is 0 Å². The highest BCUT2D eigenvalue weighted by Gasteiger charge is 2.27. The molecule has 0 saturated carbocycles. The standard InChI is InChI=1S/C15H22N4O2/c1-10(2)17-13-5-3-4-12(18-13)15(21)19-8-6-11(7-9-19)14(16)20/h3-5,10-11H,6-9H2,1-2H3,(H2,16,20)(H,17,18). The van der Waals surface area contributed by atoms with Crippen molar-refractivity contribution in [2.45, 2.75) is 32.7 Å². The van der Waals surface area contributed by atoms with Crippen LogP contribution < -0.4 is 11.1 Å². The summed E-state index contributed by atoms with van der Waals surface area (Å²) >= 11 is 0. The van der Waals surface area contributed by atoms with Crippen molar-refractivity contribution in [2.75, 3.05) is 18.4 Å². The van der Waals surface area contributed by atoms with Gasteiger partial charge in [-0.05, 0) is 38.8 Å². The Morgan fingerprint density at radius 2 is 2.00 bits per heavy atom. The lowest BCUT2D eigenvalue weighted by atomic mass is 9.96. The molecule has 0 unspecified atom stereocenters. The normalized spacial score (nSPS) is 16.0. The minimum Gasteiger partial charge on any atom is -0.369 e. The zero-order valence-electron chi connectivity index (χ0n) is 12.5. The average molecular weight is 290 g/mol. The van der Waals surface area contributed by atoms with E-state index in [1.165, 1.54) is 0 Å². The Bertz CT molecular complexity index is 522. The molecule has 1 aliphatic heterocycles. The summed E-state index contributed by atoms with van der Waals surface area (Å²) in [4.78, 5) is 29.7. The first-order valence-corrected chi connectivity index (χ1v) is 7.29. The third kappa shape index (κ3) is 3.93. The maximum Gasteiger partial charge on any atom is 0.272 e. The van der Waals surface area contributed by atoms with Crippen LogP contribution in [0.25, 0.3) is 0 Å². The third-order valence-electron chi connectivity index (χ3n) is 3.59. The van der Waals surface area contributed by atoms with E-state index in [9.17, 15) is 9.59 Å². The van der Waals surface area contributed by atoms with Gasteiger partial charge in [-0.25, -0.2) is 4.98 Å². The largest absolute Gasteiger partial charge is 0.369 e. The van der Waals surface area contributed by atoms with Crippen LogP contribution in [0.2, 0.25) is 0 Å². The van der Waals surface area contributed by atoms with Crippen molar-refractivity contribution in [3.63, 3.8) is 0 Å². The summed E-state index contributed by atoms with van der Waals surface area (Å²) in [5, 5.41) is 3.18. The van der Waals surface area contributed by atoms with E-state index < -0.39 is 0 Å². The van der Waals surface area contributed by atoms with Gasteiger partial charge in [0.25, 0.3) is 5.91 Å². The van der Waals surface area contributed by atoms with E-state index in [-0.39, 0.29) is 23.8 Å².